The molecule has 1 atom stereocenters. The summed E-state index contributed by atoms with van der Waals surface area (Å²) in [6.07, 6.45) is 8.81. The lowest BCUT2D eigenvalue weighted by molar-refractivity contribution is 0.502. The van der Waals surface area contributed by atoms with E-state index < -0.39 is 0 Å². The molecule has 6 heterocycles. The minimum atomic E-state index is -0.218. The fourth-order valence-corrected chi connectivity index (χ4v) is 4.85. The van der Waals surface area contributed by atoms with E-state index in [4.69, 9.17) is 9.52 Å². The molecule has 164 valence electrons. The molecule has 7 rings (SSSR count). The molecule has 1 N–H and O–H groups in total. The van der Waals surface area contributed by atoms with E-state index in [0.29, 0.717) is 30.1 Å². The number of imidazole rings is 1. The van der Waals surface area contributed by atoms with Crippen molar-refractivity contribution in [2.75, 3.05) is 11.4 Å². The molecule has 1 saturated carbocycles. The van der Waals surface area contributed by atoms with Gasteiger partial charge < -0.3 is 14.3 Å². The minimum Gasteiger partial charge on any atom is -0.402 e. The van der Waals surface area contributed by atoms with Crippen molar-refractivity contribution < 1.29 is 4.42 Å². The molecule has 0 amide bonds. The number of aromatic amines is 1. The lowest BCUT2D eigenvalue weighted by atomic mass is 10.00. The van der Waals surface area contributed by atoms with Crippen molar-refractivity contribution >= 4 is 11.5 Å². The fourth-order valence-electron chi connectivity index (χ4n) is 4.85. The van der Waals surface area contributed by atoms with Crippen molar-refractivity contribution in [2.24, 2.45) is 0 Å². The van der Waals surface area contributed by atoms with Crippen LogP contribution in [0.4, 0.5) is 6.01 Å². The number of pyridine rings is 2. The van der Waals surface area contributed by atoms with Gasteiger partial charge in [0, 0.05) is 31.1 Å². The molecule has 1 fully saturated rings. The molecule has 9 heteroatoms. The van der Waals surface area contributed by atoms with Gasteiger partial charge >= 0.3 is 6.01 Å². The number of rotatable bonds is 4. The lowest BCUT2D eigenvalue weighted by Crippen LogP contribution is -2.36. The van der Waals surface area contributed by atoms with Crippen molar-refractivity contribution in [1.82, 2.24) is 34.8 Å². The number of aromatic nitrogens is 7. The Hall–Kier alpha value is -4.01. The van der Waals surface area contributed by atoms with Crippen LogP contribution < -0.4 is 4.90 Å². The Balaban J connectivity index is 1.34. The standard InChI is InChI=1S/C24H22N8O/c1-14-4-2-9-25-20(14)23-28-29-24(33-23)31-11-8-17-21(27-13-26-17)22(31)18-12-19-16(15-6-7-15)5-3-10-32(19)30-18/h2-5,9-10,12-13,15,22H,6-8,11H2,1H3,(H,26,27)/t22-/m0/s1. The average Bonchev–Trinajstić information content (AvgIpc) is 3.22. The van der Waals surface area contributed by atoms with Gasteiger partial charge in [-0.05, 0) is 55.0 Å². The maximum Gasteiger partial charge on any atom is 0.319 e. The number of hydrogen-bond donors (Lipinski definition) is 1. The van der Waals surface area contributed by atoms with Gasteiger partial charge in [-0.1, -0.05) is 17.2 Å². The van der Waals surface area contributed by atoms with Crippen LogP contribution in [-0.4, -0.2) is 41.3 Å². The summed E-state index contributed by atoms with van der Waals surface area (Å²) < 4.78 is 8.13. The smallest absolute Gasteiger partial charge is 0.319 e. The highest BCUT2D eigenvalue weighted by molar-refractivity contribution is 5.60. The van der Waals surface area contributed by atoms with Crippen LogP contribution in [0.15, 0.2) is 53.5 Å². The first-order valence-corrected chi connectivity index (χ1v) is 11.3. The van der Waals surface area contributed by atoms with Crippen LogP contribution in [0, 0.1) is 6.92 Å². The first-order valence-electron chi connectivity index (χ1n) is 11.3. The van der Waals surface area contributed by atoms with Gasteiger partial charge in [-0.25, -0.2) is 9.50 Å². The van der Waals surface area contributed by atoms with Crippen molar-refractivity contribution in [3.8, 4) is 11.6 Å². The molecule has 0 aromatic carbocycles. The number of aryl methyl sites for hydroxylation is 1. The van der Waals surface area contributed by atoms with Crippen molar-refractivity contribution in [1.29, 1.82) is 0 Å². The van der Waals surface area contributed by atoms with E-state index in [-0.39, 0.29) is 6.04 Å². The second-order valence-corrected chi connectivity index (χ2v) is 8.81. The van der Waals surface area contributed by atoms with Crippen LogP contribution in [0.3, 0.4) is 0 Å². The number of fused-ring (bicyclic) bond motifs is 2. The number of nitrogens with one attached hydrogen (secondary N) is 1. The first-order chi connectivity index (χ1) is 16.3. The van der Waals surface area contributed by atoms with E-state index in [9.17, 15) is 0 Å². The zero-order valence-electron chi connectivity index (χ0n) is 18.1. The Kier molecular flexibility index (Phi) is 3.93. The third-order valence-electron chi connectivity index (χ3n) is 6.65. The van der Waals surface area contributed by atoms with Crippen molar-refractivity contribution in [3.05, 3.63) is 77.3 Å². The Morgan fingerprint density at radius 1 is 1.12 bits per heavy atom. The zero-order chi connectivity index (χ0) is 21.9. The van der Waals surface area contributed by atoms with E-state index in [0.717, 1.165) is 34.6 Å². The van der Waals surface area contributed by atoms with Gasteiger partial charge in [0.2, 0.25) is 0 Å². The third kappa shape index (κ3) is 2.95. The molecule has 2 aliphatic rings. The average molecular weight is 438 g/mol. The summed E-state index contributed by atoms with van der Waals surface area (Å²) in [5.74, 6) is 1.06. The molecule has 0 radical (unpaired) electrons. The predicted octanol–water partition coefficient (Wildman–Crippen LogP) is 3.84. The normalized spacial score (nSPS) is 18.1. The second-order valence-electron chi connectivity index (χ2n) is 8.81. The highest BCUT2D eigenvalue weighted by atomic mass is 16.4. The first kappa shape index (κ1) is 18.6. The van der Waals surface area contributed by atoms with Gasteiger partial charge in [0.15, 0.2) is 0 Å². The molecule has 0 bridgehead atoms. The van der Waals surface area contributed by atoms with E-state index in [1.807, 2.05) is 29.8 Å². The maximum atomic E-state index is 6.15. The molecule has 0 unspecified atom stereocenters. The molecule has 0 saturated heterocycles. The fraction of sp³-hybridized carbons (Fsp3) is 0.292. The van der Waals surface area contributed by atoms with Crippen LogP contribution in [0.1, 0.15) is 53.0 Å². The lowest BCUT2D eigenvalue weighted by Gasteiger charge is -2.32. The molecule has 5 aromatic rings. The topological polar surface area (TPSA) is 101 Å². The number of hydrogen-bond acceptors (Lipinski definition) is 7. The monoisotopic (exact) mass is 438 g/mol. The van der Waals surface area contributed by atoms with E-state index >= 15 is 0 Å². The van der Waals surface area contributed by atoms with Crippen LogP contribution in [0.25, 0.3) is 17.1 Å². The predicted molar refractivity (Wildman–Crippen MR) is 121 cm³/mol. The highest BCUT2D eigenvalue weighted by Gasteiger charge is 2.36. The quantitative estimate of drug-likeness (QED) is 0.455. The van der Waals surface area contributed by atoms with Crippen LogP contribution in [-0.2, 0) is 6.42 Å². The maximum absolute atomic E-state index is 6.15. The molecule has 1 aliphatic heterocycles. The van der Waals surface area contributed by atoms with E-state index in [1.54, 1.807) is 12.5 Å². The molecular weight excluding hydrogens is 416 g/mol. The van der Waals surface area contributed by atoms with Crippen LogP contribution >= 0.6 is 0 Å². The Morgan fingerprint density at radius 3 is 2.94 bits per heavy atom. The Labute approximate surface area is 189 Å². The van der Waals surface area contributed by atoms with E-state index in [2.05, 4.69) is 48.2 Å². The molecular formula is C24H22N8O. The van der Waals surface area contributed by atoms with Crippen LogP contribution in [0.2, 0.25) is 0 Å². The van der Waals surface area contributed by atoms with E-state index in [1.165, 1.54) is 18.4 Å². The zero-order valence-corrected chi connectivity index (χ0v) is 18.1. The van der Waals surface area contributed by atoms with Crippen molar-refractivity contribution in [3.63, 3.8) is 0 Å². The molecule has 33 heavy (non-hydrogen) atoms. The summed E-state index contributed by atoms with van der Waals surface area (Å²) in [4.78, 5) is 14.5. The molecule has 9 nitrogen and oxygen atoms in total. The largest absolute Gasteiger partial charge is 0.402 e. The highest BCUT2D eigenvalue weighted by Crippen LogP contribution is 2.43. The summed E-state index contributed by atoms with van der Waals surface area (Å²) in [6.45, 7) is 2.70. The van der Waals surface area contributed by atoms with Gasteiger partial charge in [0.1, 0.15) is 11.7 Å². The van der Waals surface area contributed by atoms with Gasteiger partial charge in [-0.3, -0.25) is 4.98 Å². The Morgan fingerprint density at radius 2 is 2.06 bits per heavy atom. The van der Waals surface area contributed by atoms with Crippen molar-refractivity contribution in [2.45, 2.75) is 38.1 Å². The van der Waals surface area contributed by atoms with Gasteiger partial charge in [-0.15, -0.1) is 5.10 Å². The van der Waals surface area contributed by atoms with Gasteiger partial charge in [-0.2, -0.15) is 5.10 Å². The van der Waals surface area contributed by atoms with Crippen LogP contribution in [0.5, 0.6) is 0 Å². The van der Waals surface area contributed by atoms with Gasteiger partial charge in [0.05, 0.1) is 23.2 Å². The number of anilines is 1. The molecule has 0 spiro atoms. The Bertz CT molecular complexity index is 1480. The third-order valence-corrected chi connectivity index (χ3v) is 6.65. The minimum absolute atomic E-state index is 0.218. The number of H-pyrrole nitrogens is 1. The molecule has 5 aromatic heterocycles. The second kappa shape index (κ2) is 6.99. The summed E-state index contributed by atoms with van der Waals surface area (Å²) in [6, 6.07) is 10.6. The number of nitrogens with zero attached hydrogens (tertiary/aromatic N) is 7. The molecule has 1 aliphatic carbocycles. The SMILES string of the molecule is Cc1cccnc1-c1nnc(N2CCc3[nH]cnc3[C@@H]2c2cc3c(C4CC4)cccn3n2)o1. The summed E-state index contributed by atoms with van der Waals surface area (Å²) in [5.41, 5.74) is 7.21. The summed E-state index contributed by atoms with van der Waals surface area (Å²) in [5, 5.41) is 13.7. The summed E-state index contributed by atoms with van der Waals surface area (Å²) in [7, 11) is 0. The van der Waals surface area contributed by atoms with Gasteiger partial charge in [0.25, 0.3) is 5.89 Å². The summed E-state index contributed by atoms with van der Waals surface area (Å²) >= 11 is 0.